The molecule has 1 aromatic carbocycles. The Morgan fingerprint density at radius 2 is 1.90 bits per heavy atom. The highest BCUT2D eigenvalue weighted by Crippen LogP contribution is 2.27. The van der Waals surface area contributed by atoms with Crippen LogP contribution in [0.3, 0.4) is 0 Å². The summed E-state index contributed by atoms with van der Waals surface area (Å²) in [7, 11) is 0. The number of benzene rings is 1. The number of aromatic nitrogens is 2. The van der Waals surface area contributed by atoms with E-state index in [0.717, 1.165) is 6.42 Å². The molecule has 0 fully saturated rings. The van der Waals surface area contributed by atoms with Gasteiger partial charge in [-0.2, -0.15) is 0 Å². The van der Waals surface area contributed by atoms with Crippen LogP contribution in [0.25, 0.3) is 0 Å². The first-order valence-corrected chi connectivity index (χ1v) is 10.5. The second-order valence-corrected chi connectivity index (χ2v) is 7.75. The molecule has 3 rings (SSSR count). The smallest absolute Gasteiger partial charge is 0.330 e. The minimum atomic E-state index is -0.764. The number of rotatable bonds is 8. The lowest BCUT2D eigenvalue weighted by Gasteiger charge is -2.24. The summed E-state index contributed by atoms with van der Waals surface area (Å²) in [5, 5.41) is 0.655. The molecule has 164 valence electrons. The van der Waals surface area contributed by atoms with Crippen molar-refractivity contribution in [3.63, 3.8) is 0 Å². The fraction of sp³-hybridized carbons (Fsp3) is 0.286. The van der Waals surface area contributed by atoms with Crippen LogP contribution in [-0.4, -0.2) is 15.5 Å². The minimum Gasteiger partial charge on any atom is -0.467 e. The van der Waals surface area contributed by atoms with Gasteiger partial charge in [-0.25, -0.2) is 4.79 Å². The zero-order valence-corrected chi connectivity index (χ0v) is 18.4. The van der Waals surface area contributed by atoms with E-state index < -0.39 is 17.2 Å². The molecule has 31 heavy (non-hydrogen) atoms. The number of H-pyrrole nitrogens is 1. The highest BCUT2D eigenvalue weighted by atomic mass is 35.5. The van der Waals surface area contributed by atoms with Crippen molar-refractivity contribution in [2.45, 2.75) is 39.3 Å². The van der Waals surface area contributed by atoms with E-state index in [2.05, 4.69) is 4.98 Å². The van der Waals surface area contributed by atoms with Gasteiger partial charge in [0.25, 0.3) is 5.56 Å². The van der Waals surface area contributed by atoms with E-state index in [0.29, 0.717) is 34.3 Å². The van der Waals surface area contributed by atoms with Gasteiger partial charge in [-0.15, -0.1) is 0 Å². The zero-order valence-electron chi connectivity index (χ0n) is 16.9. The van der Waals surface area contributed by atoms with Gasteiger partial charge in [0.1, 0.15) is 11.6 Å². The summed E-state index contributed by atoms with van der Waals surface area (Å²) < 4.78 is 6.62. The van der Waals surface area contributed by atoms with Crippen molar-refractivity contribution in [3.8, 4) is 0 Å². The summed E-state index contributed by atoms with van der Waals surface area (Å²) in [4.78, 5) is 41.8. The lowest BCUT2D eigenvalue weighted by Crippen LogP contribution is -2.41. The number of furan rings is 1. The van der Waals surface area contributed by atoms with E-state index in [-0.39, 0.29) is 24.5 Å². The predicted octanol–water partition coefficient (Wildman–Crippen LogP) is 3.59. The van der Waals surface area contributed by atoms with Gasteiger partial charge in [-0.3, -0.25) is 24.0 Å². The van der Waals surface area contributed by atoms with Crippen molar-refractivity contribution in [2.75, 3.05) is 10.6 Å². The number of anilines is 2. The molecule has 1 amide bonds. The number of hydrogen-bond donors (Lipinski definition) is 2. The molecule has 0 radical (unpaired) electrons. The van der Waals surface area contributed by atoms with Crippen LogP contribution in [0.4, 0.5) is 11.5 Å². The molecule has 3 N–H and O–H groups in total. The predicted molar refractivity (Wildman–Crippen MR) is 121 cm³/mol. The largest absolute Gasteiger partial charge is 0.467 e. The maximum absolute atomic E-state index is 13.3. The van der Waals surface area contributed by atoms with Gasteiger partial charge in [-0.1, -0.05) is 42.6 Å². The number of nitrogens with zero attached hydrogens (tertiary/aromatic N) is 2. The molecule has 2 aromatic heterocycles. The number of nitrogens with two attached hydrogens (primary N) is 1. The molecule has 8 nitrogen and oxygen atoms in total. The third kappa shape index (κ3) is 5.03. The second-order valence-electron chi connectivity index (χ2n) is 6.93. The number of halogens is 2. The van der Waals surface area contributed by atoms with Crippen LogP contribution in [0.1, 0.15) is 31.1 Å². The number of amides is 1. The molecule has 0 saturated carbocycles. The van der Waals surface area contributed by atoms with E-state index >= 15 is 0 Å². The van der Waals surface area contributed by atoms with Crippen molar-refractivity contribution >= 4 is 40.6 Å². The number of aromatic amines is 1. The molecule has 0 spiro atoms. The maximum atomic E-state index is 13.3. The molecule has 0 atom stereocenters. The maximum Gasteiger partial charge on any atom is 0.330 e. The van der Waals surface area contributed by atoms with Crippen molar-refractivity contribution < 1.29 is 9.21 Å². The first kappa shape index (κ1) is 22.7. The zero-order chi connectivity index (χ0) is 22.5. The van der Waals surface area contributed by atoms with Gasteiger partial charge in [-0.05, 0) is 36.2 Å². The summed E-state index contributed by atoms with van der Waals surface area (Å²) in [6.45, 7) is 2.21. The highest BCUT2D eigenvalue weighted by Gasteiger charge is 2.26. The molecule has 0 unspecified atom stereocenters. The number of carbonyl (C=O) groups excluding carboxylic acids is 1. The van der Waals surface area contributed by atoms with E-state index in [1.807, 2.05) is 6.92 Å². The summed E-state index contributed by atoms with van der Waals surface area (Å²) in [6, 6.07) is 8.25. The number of nitrogens with one attached hydrogen (secondary N) is 1. The van der Waals surface area contributed by atoms with Crippen LogP contribution in [0.2, 0.25) is 10.0 Å². The van der Waals surface area contributed by atoms with Gasteiger partial charge in [0.05, 0.1) is 19.2 Å². The normalized spacial score (nSPS) is 10.9. The van der Waals surface area contributed by atoms with Gasteiger partial charge in [0.2, 0.25) is 5.91 Å². The van der Waals surface area contributed by atoms with Gasteiger partial charge in [0.15, 0.2) is 5.69 Å². The summed E-state index contributed by atoms with van der Waals surface area (Å²) in [5.74, 6) is -0.139. The SMILES string of the molecule is CCCCn1c(N)c(N(Cc2ccco2)C(=O)Cc2c(Cl)cccc2Cl)c(=O)[nH]c1=O. The average Bonchev–Trinajstić information content (AvgIpc) is 3.23. The lowest BCUT2D eigenvalue weighted by molar-refractivity contribution is -0.118. The molecule has 0 bridgehead atoms. The van der Waals surface area contributed by atoms with E-state index in [9.17, 15) is 14.4 Å². The molecule has 0 aliphatic rings. The Bertz CT molecular complexity index is 1160. The van der Waals surface area contributed by atoms with E-state index in [1.54, 1.807) is 30.3 Å². The number of nitrogen functional groups attached to an aromatic ring is 1. The Hall–Kier alpha value is -2.97. The summed E-state index contributed by atoms with van der Waals surface area (Å²) >= 11 is 12.4. The van der Waals surface area contributed by atoms with Crippen LogP contribution in [0.15, 0.2) is 50.6 Å². The number of hydrogen-bond acceptors (Lipinski definition) is 5. The molecule has 0 saturated heterocycles. The van der Waals surface area contributed by atoms with Crippen molar-refractivity contribution in [3.05, 3.63) is 78.8 Å². The van der Waals surface area contributed by atoms with E-state index in [1.165, 1.54) is 15.7 Å². The third-order valence-electron chi connectivity index (χ3n) is 4.80. The Balaban J connectivity index is 2.09. The molecular weight excluding hydrogens is 443 g/mol. The van der Waals surface area contributed by atoms with Crippen LogP contribution in [-0.2, 0) is 24.3 Å². The molecule has 3 aromatic rings. The minimum absolute atomic E-state index is 0.0623. The monoisotopic (exact) mass is 464 g/mol. The quantitative estimate of drug-likeness (QED) is 0.528. The second kappa shape index (κ2) is 9.89. The first-order valence-electron chi connectivity index (χ1n) is 9.71. The Morgan fingerprint density at radius 1 is 1.19 bits per heavy atom. The summed E-state index contributed by atoms with van der Waals surface area (Å²) in [6.07, 6.45) is 2.78. The molecule has 2 heterocycles. The number of unbranched alkanes of at least 4 members (excludes halogenated alkanes) is 1. The molecule has 0 aliphatic carbocycles. The molecule has 10 heteroatoms. The fourth-order valence-corrected chi connectivity index (χ4v) is 3.71. The third-order valence-corrected chi connectivity index (χ3v) is 5.51. The van der Waals surface area contributed by atoms with Crippen LogP contribution >= 0.6 is 23.2 Å². The van der Waals surface area contributed by atoms with E-state index in [4.69, 9.17) is 33.4 Å². The lowest BCUT2D eigenvalue weighted by atomic mass is 10.1. The van der Waals surface area contributed by atoms with Gasteiger partial charge < -0.3 is 10.2 Å². The fourth-order valence-electron chi connectivity index (χ4n) is 3.17. The Kier molecular flexibility index (Phi) is 7.25. The van der Waals surface area contributed by atoms with Gasteiger partial charge in [0, 0.05) is 16.6 Å². The van der Waals surface area contributed by atoms with Gasteiger partial charge >= 0.3 is 5.69 Å². The Morgan fingerprint density at radius 3 is 2.52 bits per heavy atom. The highest BCUT2D eigenvalue weighted by molar-refractivity contribution is 6.36. The van der Waals surface area contributed by atoms with Crippen LogP contribution in [0, 0.1) is 0 Å². The number of carbonyl (C=O) groups is 1. The Labute approximate surface area is 188 Å². The standard InChI is InChI=1S/C21H22Cl2N4O4/c1-2-3-9-26-19(24)18(20(29)25-21(26)30)27(12-13-6-5-10-31-13)17(28)11-14-15(22)7-4-8-16(14)23/h4-8,10H,2-3,9,11-12,24H2,1H3,(H,25,29,30). The van der Waals surface area contributed by atoms with Crippen LogP contribution in [0.5, 0.6) is 0 Å². The topological polar surface area (TPSA) is 114 Å². The average molecular weight is 465 g/mol. The van der Waals surface area contributed by atoms with Crippen molar-refractivity contribution in [1.29, 1.82) is 0 Å². The first-order chi connectivity index (χ1) is 14.8. The molecule has 0 aliphatic heterocycles. The van der Waals surface area contributed by atoms with Crippen molar-refractivity contribution in [2.24, 2.45) is 0 Å². The summed E-state index contributed by atoms with van der Waals surface area (Å²) in [5.41, 5.74) is 5.12. The van der Waals surface area contributed by atoms with Crippen LogP contribution < -0.4 is 21.9 Å². The van der Waals surface area contributed by atoms with Crippen molar-refractivity contribution in [1.82, 2.24) is 9.55 Å². The molecular formula is C21H22Cl2N4O4.